The van der Waals surface area contributed by atoms with Gasteiger partial charge in [0.2, 0.25) is 0 Å². The van der Waals surface area contributed by atoms with Crippen molar-refractivity contribution in [2.24, 2.45) is 17.8 Å². The maximum atomic E-state index is 15.1. The van der Waals surface area contributed by atoms with Gasteiger partial charge in [-0.25, -0.2) is 4.39 Å². The number of aryl methyl sites for hydroxylation is 1. The van der Waals surface area contributed by atoms with Crippen LogP contribution in [0.5, 0.6) is 0 Å². The van der Waals surface area contributed by atoms with Crippen LogP contribution < -0.4 is 0 Å². The molecule has 2 fully saturated rings. The van der Waals surface area contributed by atoms with Crippen molar-refractivity contribution in [3.05, 3.63) is 34.6 Å². The molecule has 156 valence electrons. The SMILES string of the molecule is CCCOC1CCC2CC(c3cc4c(cc3F)CC(CCC)CC4)CCC2C1. The molecule has 3 aliphatic rings. The molecule has 0 radical (unpaired) electrons. The van der Waals surface area contributed by atoms with Crippen LogP contribution in [0.2, 0.25) is 0 Å². The first kappa shape index (κ1) is 20.4. The second-order valence-electron chi connectivity index (χ2n) is 9.88. The second kappa shape index (κ2) is 9.28. The van der Waals surface area contributed by atoms with E-state index in [9.17, 15) is 0 Å². The molecule has 5 unspecified atom stereocenters. The highest BCUT2D eigenvalue weighted by molar-refractivity contribution is 5.37. The fraction of sp³-hybridized carbons (Fsp3) is 0.769. The number of fused-ring (bicyclic) bond motifs is 2. The molecule has 0 saturated heterocycles. The van der Waals surface area contributed by atoms with E-state index >= 15 is 4.39 Å². The fourth-order valence-electron chi connectivity index (χ4n) is 6.41. The standard InChI is InChI=1S/C26H39FO/c1-3-5-18-6-7-21-16-25(26(27)17-23(21)13-18)22-9-8-20-15-24(28-12-4-2)11-10-19(20)14-22/h16-20,22,24H,3-15H2,1-2H3. The summed E-state index contributed by atoms with van der Waals surface area (Å²) in [5.74, 6) is 2.88. The van der Waals surface area contributed by atoms with Crippen molar-refractivity contribution in [1.82, 2.24) is 0 Å². The van der Waals surface area contributed by atoms with Gasteiger partial charge in [-0.15, -0.1) is 0 Å². The molecule has 0 bridgehead atoms. The van der Waals surface area contributed by atoms with Gasteiger partial charge in [-0.1, -0.05) is 32.8 Å². The lowest BCUT2D eigenvalue weighted by Gasteiger charge is -2.42. The minimum absolute atomic E-state index is 0.0827. The van der Waals surface area contributed by atoms with Crippen molar-refractivity contribution < 1.29 is 9.13 Å². The van der Waals surface area contributed by atoms with Gasteiger partial charge in [0, 0.05) is 6.61 Å². The number of hydrogen-bond acceptors (Lipinski definition) is 1. The average molecular weight is 387 g/mol. The Balaban J connectivity index is 1.41. The first-order valence-corrected chi connectivity index (χ1v) is 12.1. The number of halogens is 1. The van der Waals surface area contributed by atoms with E-state index in [2.05, 4.69) is 19.9 Å². The molecule has 3 aliphatic carbocycles. The summed E-state index contributed by atoms with van der Waals surface area (Å²) in [5.41, 5.74) is 3.78. The van der Waals surface area contributed by atoms with Crippen LogP contribution in [0.1, 0.15) is 101 Å². The molecule has 4 rings (SSSR count). The van der Waals surface area contributed by atoms with Crippen LogP contribution in [-0.2, 0) is 17.6 Å². The minimum Gasteiger partial charge on any atom is -0.378 e. The molecule has 0 aliphatic heterocycles. The van der Waals surface area contributed by atoms with Crippen molar-refractivity contribution in [2.45, 2.75) is 103 Å². The van der Waals surface area contributed by atoms with E-state index in [0.29, 0.717) is 12.0 Å². The monoisotopic (exact) mass is 386 g/mol. The summed E-state index contributed by atoms with van der Waals surface area (Å²) >= 11 is 0. The van der Waals surface area contributed by atoms with E-state index in [1.165, 1.54) is 62.5 Å². The molecule has 28 heavy (non-hydrogen) atoms. The second-order valence-corrected chi connectivity index (χ2v) is 9.88. The van der Waals surface area contributed by atoms with Crippen molar-refractivity contribution in [1.29, 1.82) is 0 Å². The van der Waals surface area contributed by atoms with E-state index in [4.69, 9.17) is 4.74 Å². The normalized spacial score (nSPS) is 32.6. The van der Waals surface area contributed by atoms with Crippen LogP contribution in [0.25, 0.3) is 0 Å². The van der Waals surface area contributed by atoms with Crippen LogP contribution in [0, 0.1) is 23.6 Å². The third-order valence-corrected chi connectivity index (χ3v) is 7.91. The summed E-state index contributed by atoms with van der Waals surface area (Å²) in [5, 5.41) is 0. The number of ether oxygens (including phenoxy) is 1. The van der Waals surface area contributed by atoms with Gasteiger partial charge < -0.3 is 4.74 Å². The lowest BCUT2D eigenvalue weighted by Crippen LogP contribution is -2.34. The molecule has 1 aromatic rings. The van der Waals surface area contributed by atoms with E-state index in [1.807, 2.05) is 6.07 Å². The van der Waals surface area contributed by atoms with E-state index in [1.54, 1.807) is 0 Å². The molecule has 0 heterocycles. The molecular weight excluding hydrogens is 347 g/mol. The van der Waals surface area contributed by atoms with Crippen LogP contribution in [-0.4, -0.2) is 12.7 Å². The molecule has 2 heteroatoms. The predicted molar refractivity (Wildman–Crippen MR) is 114 cm³/mol. The maximum Gasteiger partial charge on any atom is 0.126 e. The minimum atomic E-state index is 0.0827. The van der Waals surface area contributed by atoms with Gasteiger partial charge in [0.15, 0.2) is 0 Å². The highest BCUT2D eigenvalue weighted by Gasteiger charge is 2.37. The highest BCUT2D eigenvalue weighted by Crippen LogP contribution is 2.47. The predicted octanol–water partition coefficient (Wildman–Crippen LogP) is 7.21. The summed E-state index contributed by atoms with van der Waals surface area (Å²) in [6.07, 6.45) is 15.0. The zero-order chi connectivity index (χ0) is 19.5. The largest absolute Gasteiger partial charge is 0.378 e. The quantitative estimate of drug-likeness (QED) is 0.502. The number of hydrogen-bond donors (Lipinski definition) is 0. The smallest absolute Gasteiger partial charge is 0.126 e. The van der Waals surface area contributed by atoms with Gasteiger partial charge in [0.1, 0.15) is 5.82 Å². The van der Waals surface area contributed by atoms with Gasteiger partial charge in [0.25, 0.3) is 0 Å². The van der Waals surface area contributed by atoms with E-state index in [-0.39, 0.29) is 5.82 Å². The molecule has 0 aromatic heterocycles. The third kappa shape index (κ3) is 4.48. The van der Waals surface area contributed by atoms with Gasteiger partial charge in [-0.05, 0) is 111 Å². The molecular formula is C26H39FO. The van der Waals surface area contributed by atoms with Crippen LogP contribution in [0.3, 0.4) is 0 Å². The third-order valence-electron chi connectivity index (χ3n) is 7.91. The zero-order valence-corrected chi connectivity index (χ0v) is 18.0. The van der Waals surface area contributed by atoms with Gasteiger partial charge >= 0.3 is 0 Å². The Hall–Kier alpha value is -0.890. The summed E-state index contributed by atoms with van der Waals surface area (Å²) in [6.45, 7) is 5.36. The van der Waals surface area contributed by atoms with E-state index in [0.717, 1.165) is 55.6 Å². The van der Waals surface area contributed by atoms with E-state index < -0.39 is 0 Å². The van der Waals surface area contributed by atoms with Gasteiger partial charge in [-0.2, -0.15) is 0 Å². The Morgan fingerprint density at radius 3 is 2.57 bits per heavy atom. The van der Waals surface area contributed by atoms with Gasteiger partial charge in [0.05, 0.1) is 6.10 Å². The molecule has 2 saturated carbocycles. The highest BCUT2D eigenvalue weighted by atomic mass is 19.1. The first-order chi connectivity index (χ1) is 13.7. The van der Waals surface area contributed by atoms with Crippen LogP contribution in [0.4, 0.5) is 4.39 Å². The fourth-order valence-corrected chi connectivity index (χ4v) is 6.41. The summed E-state index contributed by atoms with van der Waals surface area (Å²) in [4.78, 5) is 0. The summed E-state index contributed by atoms with van der Waals surface area (Å²) < 4.78 is 21.1. The van der Waals surface area contributed by atoms with Crippen molar-refractivity contribution in [3.8, 4) is 0 Å². The van der Waals surface area contributed by atoms with Crippen molar-refractivity contribution in [3.63, 3.8) is 0 Å². The lowest BCUT2D eigenvalue weighted by molar-refractivity contribution is -0.0148. The van der Waals surface area contributed by atoms with Crippen LogP contribution in [0.15, 0.2) is 12.1 Å². The lowest BCUT2D eigenvalue weighted by atomic mass is 9.65. The zero-order valence-electron chi connectivity index (χ0n) is 18.0. The maximum absolute atomic E-state index is 15.1. The molecule has 5 atom stereocenters. The Morgan fingerprint density at radius 1 is 0.929 bits per heavy atom. The van der Waals surface area contributed by atoms with Crippen molar-refractivity contribution >= 4 is 0 Å². The summed E-state index contributed by atoms with van der Waals surface area (Å²) in [6, 6.07) is 4.18. The molecule has 0 amide bonds. The Morgan fingerprint density at radius 2 is 1.75 bits per heavy atom. The molecule has 1 aromatic carbocycles. The Kier molecular flexibility index (Phi) is 6.76. The number of rotatable bonds is 6. The van der Waals surface area contributed by atoms with Crippen molar-refractivity contribution in [2.75, 3.05) is 6.61 Å². The first-order valence-electron chi connectivity index (χ1n) is 12.1. The Bertz CT molecular complexity index is 654. The van der Waals surface area contributed by atoms with Gasteiger partial charge in [-0.3, -0.25) is 0 Å². The van der Waals surface area contributed by atoms with Crippen LogP contribution >= 0.6 is 0 Å². The summed E-state index contributed by atoms with van der Waals surface area (Å²) in [7, 11) is 0. The average Bonchev–Trinajstić information content (AvgIpc) is 2.71. The topological polar surface area (TPSA) is 9.23 Å². The molecule has 0 spiro atoms. The Labute approximate surface area is 171 Å². The molecule has 0 N–H and O–H groups in total. The number of benzene rings is 1. The molecule has 1 nitrogen and oxygen atoms in total.